The standard InChI is InChI=1S/C19H32N6O.HI/c1-16-5-6-17(18(23-16)25-8-3-4-9-25)15-22-19(20-2)21-7-10-24-11-13-26-14-12-24;/h5-6H,3-4,7-15H2,1-2H3,(H2,20,21,22);1H. The molecule has 0 saturated carbocycles. The maximum Gasteiger partial charge on any atom is 0.191 e. The van der Waals surface area contributed by atoms with Crippen LogP contribution in [0.2, 0.25) is 0 Å². The molecule has 3 heterocycles. The lowest BCUT2D eigenvalue weighted by molar-refractivity contribution is 0.0389. The second-order valence-corrected chi connectivity index (χ2v) is 6.94. The van der Waals surface area contributed by atoms with E-state index in [2.05, 4.69) is 44.5 Å². The Morgan fingerprint density at radius 2 is 1.89 bits per heavy atom. The van der Waals surface area contributed by atoms with Gasteiger partial charge in [-0.3, -0.25) is 9.89 Å². The van der Waals surface area contributed by atoms with Crippen LogP contribution >= 0.6 is 24.0 Å². The molecule has 2 aliphatic rings. The van der Waals surface area contributed by atoms with Crippen molar-refractivity contribution in [3.8, 4) is 0 Å². The summed E-state index contributed by atoms with van der Waals surface area (Å²) in [6.45, 7) is 10.6. The highest BCUT2D eigenvalue weighted by atomic mass is 127. The molecule has 0 spiro atoms. The fourth-order valence-corrected chi connectivity index (χ4v) is 3.47. The van der Waals surface area contributed by atoms with Gasteiger partial charge >= 0.3 is 0 Å². The van der Waals surface area contributed by atoms with Crippen molar-refractivity contribution in [1.82, 2.24) is 20.5 Å². The van der Waals surface area contributed by atoms with E-state index in [9.17, 15) is 0 Å². The molecule has 2 fully saturated rings. The molecule has 2 N–H and O–H groups in total. The molecule has 8 heteroatoms. The van der Waals surface area contributed by atoms with Crippen LogP contribution in [0.25, 0.3) is 0 Å². The van der Waals surface area contributed by atoms with Gasteiger partial charge in [0.1, 0.15) is 5.82 Å². The molecule has 0 atom stereocenters. The molecule has 1 aromatic heterocycles. The Morgan fingerprint density at radius 3 is 2.59 bits per heavy atom. The zero-order valence-electron chi connectivity index (χ0n) is 16.5. The van der Waals surface area contributed by atoms with Gasteiger partial charge in [-0.1, -0.05) is 6.07 Å². The predicted octanol–water partition coefficient (Wildman–Crippen LogP) is 1.61. The minimum atomic E-state index is 0. The number of rotatable bonds is 6. The topological polar surface area (TPSA) is 65.0 Å². The van der Waals surface area contributed by atoms with Crippen LogP contribution in [-0.4, -0.2) is 75.4 Å². The molecule has 2 aliphatic heterocycles. The number of pyridine rings is 1. The first kappa shape index (κ1) is 22.2. The lowest BCUT2D eigenvalue weighted by atomic mass is 10.2. The second kappa shape index (κ2) is 11.7. The number of hydrogen-bond donors (Lipinski definition) is 2. The number of halogens is 1. The summed E-state index contributed by atoms with van der Waals surface area (Å²) >= 11 is 0. The average Bonchev–Trinajstić information content (AvgIpc) is 3.20. The van der Waals surface area contributed by atoms with E-state index < -0.39 is 0 Å². The third kappa shape index (κ3) is 6.76. The van der Waals surface area contributed by atoms with Crippen molar-refractivity contribution in [1.29, 1.82) is 0 Å². The van der Waals surface area contributed by atoms with Gasteiger partial charge in [0.25, 0.3) is 0 Å². The fourth-order valence-electron chi connectivity index (χ4n) is 3.47. The molecule has 2 saturated heterocycles. The summed E-state index contributed by atoms with van der Waals surface area (Å²) in [5.41, 5.74) is 2.30. The highest BCUT2D eigenvalue weighted by Crippen LogP contribution is 2.22. The van der Waals surface area contributed by atoms with Crippen LogP contribution in [0.15, 0.2) is 17.1 Å². The Morgan fingerprint density at radius 1 is 1.15 bits per heavy atom. The van der Waals surface area contributed by atoms with Gasteiger partial charge in [0, 0.05) is 64.1 Å². The maximum absolute atomic E-state index is 5.39. The molecule has 0 radical (unpaired) electrons. The summed E-state index contributed by atoms with van der Waals surface area (Å²) in [6.07, 6.45) is 2.51. The summed E-state index contributed by atoms with van der Waals surface area (Å²) in [5, 5.41) is 6.85. The van der Waals surface area contributed by atoms with Gasteiger partial charge in [0.15, 0.2) is 5.96 Å². The summed E-state index contributed by atoms with van der Waals surface area (Å²) in [5.74, 6) is 1.96. The molecule has 0 bridgehead atoms. The first-order valence-corrected chi connectivity index (χ1v) is 9.72. The normalized spacial score (nSPS) is 18.3. The summed E-state index contributed by atoms with van der Waals surface area (Å²) in [6, 6.07) is 4.27. The highest BCUT2D eigenvalue weighted by Gasteiger charge is 2.17. The number of nitrogens with zero attached hydrogens (tertiary/aromatic N) is 4. The lowest BCUT2D eigenvalue weighted by Crippen LogP contribution is -2.44. The smallest absolute Gasteiger partial charge is 0.191 e. The summed E-state index contributed by atoms with van der Waals surface area (Å²) in [7, 11) is 1.82. The van der Waals surface area contributed by atoms with E-state index in [1.54, 1.807) is 0 Å². The monoisotopic (exact) mass is 488 g/mol. The Balaban J connectivity index is 0.00000261. The molecule has 7 nitrogen and oxygen atoms in total. The largest absolute Gasteiger partial charge is 0.379 e. The third-order valence-electron chi connectivity index (χ3n) is 4.99. The van der Waals surface area contributed by atoms with Gasteiger partial charge in [0.05, 0.1) is 13.2 Å². The number of aliphatic imine (C=N–C) groups is 1. The van der Waals surface area contributed by atoms with Gasteiger partial charge in [-0.05, 0) is 25.8 Å². The van der Waals surface area contributed by atoms with Gasteiger partial charge in [0.2, 0.25) is 0 Å². The van der Waals surface area contributed by atoms with Crippen molar-refractivity contribution in [2.24, 2.45) is 4.99 Å². The Labute approximate surface area is 180 Å². The van der Waals surface area contributed by atoms with E-state index in [0.29, 0.717) is 0 Å². The first-order valence-electron chi connectivity index (χ1n) is 9.72. The molecule has 152 valence electrons. The molecule has 0 unspecified atom stereocenters. The van der Waals surface area contributed by atoms with Crippen LogP contribution in [0.1, 0.15) is 24.1 Å². The van der Waals surface area contributed by atoms with Crippen LogP contribution in [-0.2, 0) is 11.3 Å². The number of aryl methyl sites for hydroxylation is 1. The average molecular weight is 488 g/mol. The van der Waals surface area contributed by atoms with E-state index in [4.69, 9.17) is 9.72 Å². The van der Waals surface area contributed by atoms with E-state index in [-0.39, 0.29) is 24.0 Å². The van der Waals surface area contributed by atoms with Crippen molar-refractivity contribution < 1.29 is 4.74 Å². The Hall–Kier alpha value is -1.13. The Bertz CT molecular complexity index is 600. The zero-order chi connectivity index (χ0) is 18.2. The van der Waals surface area contributed by atoms with Crippen molar-refractivity contribution in [3.05, 3.63) is 23.4 Å². The van der Waals surface area contributed by atoms with Crippen molar-refractivity contribution >= 4 is 35.8 Å². The molecule has 0 aromatic carbocycles. The maximum atomic E-state index is 5.39. The number of anilines is 1. The predicted molar refractivity (Wildman–Crippen MR) is 121 cm³/mol. The third-order valence-corrected chi connectivity index (χ3v) is 4.99. The van der Waals surface area contributed by atoms with Crippen LogP contribution in [0.3, 0.4) is 0 Å². The summed E-state index contributed by atoms with van der Waals surface area (Å²) in [4.78, 5) is 14.0. The number of morpholine rings is 1. The van der Waals surface area contributed by atoms with Crippen molar-refractivity contribution in [3.63, 3.8) is 0 Å². The van der Waals surface area contributed by atoms with Crippen LogP contribution < -0.4 is 15.5 Å². The molecule has 3 rings (SSSR count). The number of nitrogens with one attached hydrogen (secondary N) is 2. The van der Waals surface area contributed by atoms with Gasteiger partial charge in [-0.15, -0.1) is 24.0 Å². The lowest BCUT2D eigenvalue weighted by Gasteiger charge is -2.26. The summed E-state index contributed by atoms with van der Waals surface area (Å²) < 4.78 is 5.39. The minimum Gasteiger partial charge on any atom is -0.379 e. The molecular formula is C19H33IN6O. The SMILES string of the molecule is CN=C(NCCN1CCOCC1)NCc1ccc(C)nc1N1CCCC1.I. The van der Waals surface area contributed by atoms with Crippen molar-refractivity contribution in [2.75, 3.05) is 64.4 Å². The zero-order valence-corrected chi connectivity index (χ0v) is 18.9. The number of hydrogen-bond acceptors (Lipinski definition) is 5. The highest BCUT2D eigenvalue weighted by molar-refractivity contribution is 14.0. The molecule has 1 aromatic rings. The van der Waals surface area contributed by atoms with Crippen LogP contribution in [0, 0.1) is 6.92 Å². The van der Waals surface area contributed by atoms with E-state index in [1.807, 2.05) is 7.05 Å². The van der Waals surface area contributed by atoms with E-state index >= 15 is 0 Å². The quantitative estimate of drug-likeness (QED) is 0.361. The number of guanidine groups is 1. The van der Waals surface area contributed by atoms with E-state index in [0.717, 1.165) is 76.5 Å². The number of aromatic nitrogens is 1. The fraction of sp³-hybridized carbons (Fsp3) is 0.684. The molecule has 0 aliphatic carbocycles. The second-order valence-electron chi connectivity index (χ2n) is 6.94. The van der Waals surface area contributed by atoms with Crippen molar-refractivity contribution in [2.45, 2.75) is 26.3 Å². The van der Waals surface area contributed by atoms with Gasteiger partial charge in [-0.25, -0.2) is 4.98 Å². The molecular weight excluding hydrogens is 455 g/mol. The minimum absolute atomic E-state index is 0. The first-order chi connectivity index (χ1) is 12.8. The molecule has 0 amide bonds. The van der Waals surface area contributed by atoms with Gasteiger partial charge < -0.3 is 20.3 Å². The Kier molecular flexibility index (Phi) is 9.57. The van der Waals surface area contributed by atoms with Gasteiger partial charge in [-0.2, -0.15) is 0 Å². The molecule has 27 heavy (non-hydrogen) atoms. The van der Waals surface area contributed by atoms with E-state index in [1.165, 1.54) is 18.4 Å². The van der Waals surface area contributed by atoms with Crippen LogP contribution in [0.5, 0.6) is 0 Å². The van der Waals surface area contributed by atoms with Crippen LogP contribution in [0.4, 0.5) is 5.82 Å². The number of ether oxygens (including phenoxy) is 1.